The standard InChI is InChI=1S/C16H22N2O3/c1-5-6-11(2)18-16(19)12(3)21-14-8-7-13(10-17)9-15(14)20-4/h7-9,11-12H,5-6H2,1-4H3,(H,18,19). The van der Waals surface area contributed by atoms with E-state index in [4.69, 9.17) is 14.7 Å². The van der Waals surface area contributed by atoms with E-state index in [1.54, 1.807) is 25.1 Å². The molecule has 5 nitrogen and oxygen atoms in total. The van der Waals surface area contributed by atoms with Gasteiger partial charge in [0.1, 0.15) is 0 Å². The minimum Gasteiger partial charge on any atom is -0.493 e. The molecule has 0 fully saturated rings. The van der Waals surface area contributed by atoms with E-state index in [1.165, 1.54) is 7.11 Å². The Morgan fingerprint density at radius 3 is 2.67 bits per heavy atom. The molecule has 1 rings (SSSR count). The van der Waals surface area contributed by atoms with E-state index in [9.17, 15) is 4.79 Å². The molecule has 0 saturated carbocycles. The molecule has 2 unspecified atom stereocenters. The van der Waals surface area contributed by atoms with Crippen molar-refractivity contribution in [1.29, 1.82) is 5.26 Å². The van der Waals surface area contributed by atoms with Crippen molar-refractivity contribution >= 4 is 5.91 Å². The number of amides is 1. The first-order chi connectivity index (χ1) is 10.0. The second-order valence-corrected chi connectivity index (χ2v) is 4.94. The highest BCUT2D eigenvalue weighted by Crippen LogP contribution is 2.28. The Bertz CT molecular complexity index is 523. The lowest BCUT2D eigenvalue weighted by atomic mass is 10.2. The number of hydrogen-bond donors (Lipinski definition) is 1. The number of benzene rings is 1. The summed E-state index contributed by atoms with van der Waals surface area (Å²) in [5, 5.41) is 11.8. The number of nitrogens with one attached hydrogen (secondary N) is 1. The van der Waals surface area contributed by atoms with E-state index < -0.39 is 6.10 Å². The van der Waals surface area contributed by atoms with Crippen molar-refractivity contribution in [2.75, 3.05) is 7.11 Å². The van der Waals surface area contributed by atoms with E-state index in [1.807, 2.05) is 13.0 Å². The third-order valence-corrected chi connectivity index (χ3v) is 3.08. The number of nitrogens with zero attached hydrogens (tertiary/aromatic N) is 1. The van der Waals surface area contributed by atoms with Crippen molar-refractivity contribution in [3.63, 3.8) is 0 Å². The van der Waals surface area contributed by atoms with Crippen LogP contribution < -0.4 is 14.8 Å². The van der Waals surface area contributed by atoms with E-state index in [0.717, 1.165) is 12.8 Å². The normalized spacial score (nSPS) is 12.9. The van der Waals surface area contributed by atoms with Crippen LogP contribution in [0.5, 0.6) is 11.5 Å². The van der Waals surface area contributed by atoms with Gasteiger partial charge in [0.15, 0.2) is 17.6 Å². The summed E-state index contributed by atoms with van der Waals surface area (Å²) < 4.78 is 10.8. The molecule has 0 radical (unpaired) electrons. The molecule has 2 atom stereocenters. The molecule has 0 aliphatic rings. The molecule has 5 heteroatoms. The maximum absolute atomic E-state index is 12.0. The lowest BCUT2D eigenvalue weighted by molar-refractivity contribution is -0.127. The molecule has 1 amide bonds. The van der Waals surface area contributed by atoms with Crippen molar-refractivity contribution in [1.82, 2.24) is 5.32 Å². The molecule has 0 heterocycles. The number of rotatable bonds is 7. The highest BCUT2D eigenvalue weighted by Gasteiger charge is 2.18. The van der Waals surface area contributed by atoms with Gasteiger partial charge in [0.05, 0.1) is 18.7 Å². The highest BCUT2D eigenvalue weighted by atomic mass is 16.5. The van der Waals surface area contributed by atoms with Gasteiger partial charge in [-0.2, -0.15) is 5.26 Å². The average molecular weight is 290 g/mol. The fourth-order valence-corrected chi connectivity index (χ4v) is 1.94. The van der Waals surface area contributed by atoms with Gasteiger partial charge >= 0.3 is 0 Å². The van der Waals surface area contributed by atoms with Crippen LogP contribution in [0.4, 0.5) is 0 Å². The molecule has 0 spiro atoms. The Hall–Kier alpha value is -2.22. The van der Waals surface area contributed by atoms with Gasteiger partial charge in [0, 0.05) is 12.1 Å². The number of hydrogen-bond acceptors (Lipinski definition) is 4. The molecule has 1 aromatic rings. The first-order valence-corrected chi connectivity index (χ1v) is 7.07. The van der Waals surface area contributed by atoms with Crippen LogP contribution >= 0.6 is 0 Å². The van der Waals surface area contributed by atoms with Crippen molar-refractivity contribution in [2.45, 2.75) is 45.8 Å². The molecule has 0 aliphatic carbocycles. The summed E-state index contributed by atoms with van der Waals surface area (Å²) in [6, 6.07) is 7.00. The number of ether oxygens (including phenoxy) is 2. The van der Waals surface area contributed by atoms with Gasteiger partial charge in [0.2, 0.25) is 0 Å². The minimum atomic E-state index is -0.633. The largest absolute Gasteiger partial charge is 0.493 e. The Labute approximate surface area is 125 Å². The number of carbonyl (C=O) groups excluding carboxylic acids is 1. The molecule has 114 valence electrons. The van der Waals surface area contributed by atoms with Crippen molar-refractivity contribution in [3.8, 4) is 17.6 Å². The Kier molecular flexibility index (Phi) is 6.54. The summed E-state index contributed by atoms with van der Waals surface area (Å²) in [5.74, 6) is 0.722. The minimum absolute atomic E-state index is 0.122. The molecule has 0 saturated heterocycles. The van der Waals surface area contributed by atoms with Gasteiger partial charge in [-0.3, -0.25) is 4.79 Å². The van der Waals surface area contributed by atoms with Crippen LogP contribution in [-0.4, -0.2) is 25.2 Å². The third-order valence-electron chi connectivity index (χ3n) is 3.08. The van der Waals surface area contributed by atoms with Gasteiger partial charge in [0.25, 0.3) is 5.91 Å². The summed E-state index contributed by atoms with van der Waals surface area (Å²) in [5.41, 5.74) is 0.480. The molecule has 1 aromatic carbocycles. The van der Waals surface area contributed by atoms with Gasteiger partial charge in [-0.1, -0.05) is 13.3 Å². The predicted molar refractivity (Wildman–Crippen MR) is 80.3 cm³/mol. The molecule has 0 aromatic heterocycles. The summed E-state index contributed by atoms with van der Waals surface area (Å²) in [7, 11) is 1.50. The first-order valence-electron chi connectivity index (χ1n) is 7.07. The van der Waals surface area contributed by atoms with E-state index in [-0.39, 0.29) is 11.9 Å². The van der Waals surface area contributed by atoms with Crippen LogP contribution in [0.3, 0.4) is 0 Å². The Morgan fingerprint density at radius 1 is 1.38 bits per heavy atom. The summed E-state index contributed by atoms with van der Waals surface area (Å²) in [6.07, 6.45) is 1.31. The highest BCUT2D eigenvalue weighted by molar-refractivity contribution is 5.81. The predicted octanol–water partition coefficient (Wildman–Crippen LogP) is 2.64. The molecule has 1 N–H and O–H groups in total. The lowest BCUT2D eigenvalue weighted by Crippen LogP contribution is -2.41. The van der Waals surface area contributed by atoms with Gasteiger partial charge in [-0.05, 0) is 32.4 Å². The smallest absolute Gasteiger partial charge is 0.260 e. The second-order valence-electron chi connectivity index (χ2n) is 4.94. The Morgan fingerprint density at radius 2 is 2.10 bits per heavy atom. The average Bonchev–Trinajstić information content (AvgIpc) is 2.47. The summed E-state index contributed by atoms with van der Waals surface area (Å²) in [4.78, 5) is 12.0. The number of methoxy groups -OCH3 is 1. The van der Waals surface area contributed by atoms with Crippen molar-refractivity contribution in [2.24, 2.45) is 0 Å². The molecule has 21 heavy (non-hydrogen) atoms. The Balaban J connectivity index is 2.72. The fourth-order valence-electron chi connectivity index (χ4n) is 1.94. The summed E-state index contributed by atoms with van der Waals surface area (Å²) >= 11 is 0. The maximum Gasteiger partial charge on any atom is 0.260 e. The van der Waals surface area contributed by atoms with Crippen LogP contribution in [0, 0.1) is 11.3 Å². The van der Waals surface area contributed by atoms with Crippen LogP contribution in [0.15, 0.2) is 18.2 Å². The zero-order valence-electron chi connectivity index (χ0n) is 13.0. The van der Waals surface area contributed by atoms with E-state index in [0.29, 0.717) is 17.1 Å². The first kappa shape index (κ1) is 16.8. The molecule has 0 aliphatic heterocycles. The quantitative estimate of drug-likeness (QED) is 0.838. The van der Waals surface area contributed by atoms with Crippen LogP contribution in [0.2, 0.25) is 0 Å². The van der Waals surface area contributed by atoms with Gasteiger partial charge < -0.3 is 14.8 Å². The SMILES string of the molecule is CCCC(C)NC(=O)C(C)Oc1ccc(C#N)cc1OC. The molecular formula is C16H22N2O3. The zero-order chi connectivity index (χ0) is 15.8. The van der Waals surface area contributed by atoms with Crippen LogP contribution in [-0.2, 0) is 4.79 Å². The molecular weight excluding hydrogens is 268 g/mol. The van der Waals surface area contributed by atoms with Crippen LogP contribution in [0.1, 0.15) is 39.2 Å². The van der Waals surface area contributed by atoms with Gasteiger partial charge in [-0.25, -0.2) is 0 Å². The molecule has 0 bridgehead atoms. The van der Waals surface area contributed by atoms with Gasteiger partial charge in [-0.15, -0.1) is 0 Å². The number of carbonyl (C=O) groups is 1. The van der Waals surface area contributed by atoms with E-state index >= 15 is 0 Å². The second kappa shape index (κ2) is 8.15. The van der Waals surface area contributed by atoms with Crippen LogP contribution in [0.25, 0.3) is 0 Å². The summed E-state index contributed by atoms with van der Waals surface area (Å²) in [6.45, 7) is 5.73. The van der Waals surface area contributed by atoms with Crippen molar-refractivity contribution in [3.05, 3.63) is 23.8 Å². The maximum atomic E-state index is 12.0. The zero-order valence-corrected chi connectivity index (χ0v) is 13.0. The van der Waals surface area contributed by atoms with Crippen molar-refractivity contribution < 1.29 is 14.3 Å². The monoisotopic (exact) mass is 290 g/mol. The van der Waals surface area contributed by atoms with E-state index in [2.05, 4.69) is 12.2 Å². The fraction of sp³-hybridized carbons (Fsp3) is 0.500. The topological polar surface area (TPSA) is 71.3 Å². The lowest BCUT2D eigenvalue weighted by Gasteiger charge is -2.19. The number of nitriles is 1. The third kappa shape index (κ3) is 4.99.